The van der Waals surface area contributed by atoms with Crippen molar-refractivity contribution >= 4 is 40.1 Å². The highest BCUT2D eigenvalue weighted by atomic mass is 32.1. The molecule has 0 aliphatic carbocycles. The molecular weight excluding hydrogens is 408 g/mol. The third kappa shape index (κ3) is 3.53. The molecule has 10 nitrogen and oxygen atoms in total. The molecule has 4 heterocycles. The summed E-state index contributed by atoms with van der Waals surface area (Å²) in [7, 11) is 0. The molecule has 0 unspecified atom stereocenters. The summed E-state index contributed by atoms with van der Waals surface area (Å²) in [6.07, 6.45) is 3.16. The quantitative estimate of drug-likeness (QED) is 0.515. The van der Waals surface area contributed by atoms with Crippen molar-refractivity contribution in [2.45, 2.75) is 19.4 Å². The number of fused-ring (bicyclic) bond motifs is 1. The predicted molar refractivity (Wildman–Crippen MR) is 113 cm³/mol. The third-order valence-electron chi connectivity index (χ3n) is 4.94. The summed E-state index contributed by atoms with van der Waals surface area (Å²) in [6.45, 7) is 3.24. The van der Waals surface area contributed by atoms with Crippen molar-refractivity contribution in [3.63, 3.8) is 0 Å². The summed E-state index contributed by atoms with van der Waals surface area (Å²) in [6, 6.07) is 1.77. The number of carbonyl (C=O) groups excluding carboxylic acids is 1. The first kappa shape index (κ1) is 20.0. The van der Waals surface area contributed by atoms with Gasteiger partial charge in [-0.25, -0.2) is 14.8 Å². The van der Waals surface area contributed by atoms with Gasteiger partial charge in [-0.15, -0.1) is 11.3 Å². The van der Waals surface area contributed by atoms with Gasteiger partial charge in [0.1, 0.15) is 11.4 Å². The molecule has 11 heteroatoms. The van der Waals surface area contributed by atoms with Gasteiger partial charge in [-0.2, -0.15) is 0 Å². The highest BCUT2D eigenvalue weighted by molar-refractivity contribution is 7.12. The van der Waals surface area contributed by atoms with Gasteiger partial charge in [0, 0.05) is 43.8 Å². The Labute approximate surface area is 175 Å². The van der Waals surface area contributed by atoms with E-state index in [-0.39, 0.29) is 29.3 Å². The maximum Gasteiger partial charge on any atom is 0.341 e. The molecule has 1 aliphatic rings. The summed E-state index contributed by atoms with van der Waals surface area (Å²) >= 11 is 1.31. The van der Waals surface area contributed by atoms with E-state index in [0.29, 0.717) is 41.8 Å². The number of nitrogens with zero attached hydrogens (tertiary/aromatic N) is 4. The maximum atomic E-state index is 12.8. The normalized spacial score (nSPS) is 14.0. The lowest BCUT2D eigenvalue weighted by molar-refractivity contribution is -0.121. The molecular formula is C19H20N6O4S. The fourth-order valence-corrected chi connectivity index (χ4v) is 4.08. The Kier molecular flexibility index (Phi) is 5.22. The molecule has 0 radical (unpaired) electrons. The number of hydrogen-bond donors (Lipinski definition) is 3. The third-order valence-corrected chi connectivity index (χ3v) is 5.71. The largest absolute Gasteiger partial charge is 0.477 e. The average molecular weight is 428 g/mol. The summed E-state index contributed by atoms with van der Waals surface area (Å²) in [5, 5.41) is 14.9. The number of thiazole rings is 1. The zero-order valence-corrected chi connectivity index (χ0v) is 17.0. The van der Waals surface area contributed by atoms with Crippen LogP contribution in [0.3, 0.4) is 0 Å². The number of aryl methyl sites for hydroxylation is 1. The predicted octanol–water partition coefficient (Wildman–Crippen LogP) is 0.502. The zero-order valence-electron chi connectivity index (χ0n) is 16.2. The average Bonchev–Trinajstić information content (AvgIpc) is 3.18. The molecule has 4 rings (SSSR count). The van der Waals surface area contributed by atoms with E-state index >= 15 is 0 Å². The highest BCUT2D eigenvalue weighted by Gasteiger charge is 2.30. The zero-order chi connectivity index (χ0) is 21.4. The molecule has 1 saturated heterocycles. The van der Waals surface area contributed by atoms with Crippen molar-refractivity contribution in [3.05, 3.63) is 45.2 Å². The Balaban J connectivity index is 1.74. The molecule has 0 aromatic carbocycles. The van der Waals surface area contributed by atoms with Crippen LogP contribution in [0.5, 0.6) is 0 Å². The van der Waals surface area contributed by atoms with Crippen LogP contribution in [0.15, 0.2) is 28.6 Å². The Hall–Kier alpha value is -3.31. The summed E-state index contributed by atoms with van der Waals surface area (Å²) < 4.78 is 1.54. The van der Waals surface area contributed by atoms with E-state index in [4.69, 9.17) is 5.73 Å². The number of aromatic nitrogens is 3. The van der Waals surface area contributed by atoms with Gasteiger partial charge in [-0.05, 0) is 18.6 Å². The summed E-state index contributed by atoms with van der Waals surface area (Å²) in [5.74, 6) is -0.727. The molecule has 0 atom stereocenters. The highest BCUT2D eigenvalue weighted by Crippen LogP contribution is 2.26. The molecule has 1 amide bonds. The van der Waals surface area contributed by atoms with Crippen LogP contribution < -0.4 is 21.4 Å². The van der Waals surface area contributed by atoms with Crippen LogP contribution in [0.4, 0.5) is 5.82 Å². The first-order valence-electron chi connectivity index (χ1n) is 9.33. The number of carbonyl (C=O) groups is 2. The number of carboxylic acids is 1. The van der Waals surface area contributed by atoms with Crippen molar-refractivity contribution in [2.75, 3.05) is 24.5 Å². The van der Waals surface area contributed by atoms with E-state index in [1.165, 1.54) is 17.5 Å². The standard InChI is InChI=1S/C19H20N6O4S/c1-10-6-13(24-7-11(8-24)22-14(26)2-3-20)23-17-15(10)16(27)12(18(28)29)9-25(17)19-21-4-5-30-19/h4-6,9,11H,2-3,7-8,20H2,1H3,(H,22,26)(H,28,29). The number of rotatable bonds is 6. The summed E-state index contributed by atoms with van der Waals surface area (Å²) in [5.41, 5.74) is 5.48. The minimum Gasteiger partial charge on any atom is -0.477 e. The first-order chi connectivity index (χ1) is 14.4. The van der Waals surface area contributed by atoms with Crippen molar-refractivity contribution < 1.29 is 14.7 Å². The van der Waals surface area contributed by atoms with Gasteiger partial charge < -0.3 is 21.1 Å². The van der Waals surface area contributed by atoms with Gasteiger partial charge in [0.05, 0.1) is 11.4 Å². The van der Waals surface area contributed by atoms with Crippen molar-refractivity contribution in [3.8, 4) is 5.13 Å². The fourth-order valence-electron chi connectivity index (χ4n) is 3.46. The van der Waals surface area contributed by atoms with E-state index in [2.05, 4.69) is 15.3 Å². The minimum atomic E-state index is -1.30. The van der Waals surface area contributed by atoms with Crippen molar-refractivity contribution in [2.24, 2.45) is 5.73 Å². The Morgan fingerprint density at radius 2 is 2.17 bits per heavy atom. The second kappa shape index (κ2) is 7.84. The molecule has 156 valence electrons. The molecule has 3 aromatic heterocycles. The molecule has 0 bridgehead atoms. The van der Waals surface area contributed by atoms with Crippen molar-refractivity contribution in [1.82, 2.24) is 19.9 Å². The number of aromatic carboxylic acids is 1. The first-order valence-corrected chi connectivity index (χ1v) is 10.2. The van der Waals surface area contributed by atoms with Gasteiger partial charge in [0.25, 0.3) is 0 Å². The SMILES string of the molecule is Cc1cc(N2CC(NC(=O)CCN)C2)nc2c1c(=O)c(C(=O)O)cn2-c1nccs1. The van der Waals surface area contributed by atoms with Gasteiger partial charge in [0.15, 0.2) is 10.8 Å². The lowest BCUT2D eigenvalue weighted by Gasteiger charge is -2.40. The number of nitrogens with two attached hydrogens (primary N) is 1. The van der Waals surface area contributed by atoms with Gasteiger partial charge in [-0.1, -0.05) is 0 Å². The van der Waals surface area contributed by atoms with Crippen LogP contribution >= 0.6 is 11.3 Å². The van der Waals surface area contributed by atoms with E-state index in [0.717, 1.165) is 0 Å². The number of nitrogens with one attached hydrogen (secondary N) is 1. The van der Waals surface area contributed by atoms with Gasteiger partial charge in [0.2, 0.25) is 11.3 Å². The lowest BCUT2D eigenvalue weighted by Crippen LogP contribution is -2.59. The number of carboxylic acid groups (broad SMARTS) is 1. The lowest BCUT2D eigenvalue weighted by atomic mass is 10.1. The molecule has 4 N–H and O–H groups in total. The molecule has 3 aromatic rings. The molecule has 1 aliphatic heterocycles. The smallest absolute Gasteiger partial charge is 0.341 e. The van der Waals surface area contributed by atoms with Crippen LogP contribution in [-0.4, -0.2) is 57.2 Å². The van der Waals surface area contributed by atoms with Gasteiger partial charge >= 0.3 is 5.97 Å². The van der Waals surface area contributed by atoms with Crippen LogP contribution in [0.25, 0.3) is 16.2 Å². The molecule has 0 spiro atoms. The van der Waals surface area contributed by atoms with E-state index in [1.807, 2.05) is 4.90 Å². The Morgan fingerprint density at radius 1 is 1.40 bits per heavy atom. The van der Waals surface area contributed by atoms with E-state index < -0.39 is 11.4 Å². The monoisotopic (exact) mass is 428 g/mol. The van der Waals surface area contributed by atoms with Gasteiger partial charge in [-0.3, -0.25) is 14.2 Å². The Bertz CT molecular complexity index is 1180. The molecule has 30 heavy (non-hydrogen) atoms. The van der Waals surface area contributed by atoms with Crippen LogP contribution in [0.1, 0.15) is 22.3 Å². The topological polar surface area (TPSA) is 143 Å². The van der Waals surface area contributed by atoms with Crippen LogP contribution in [-0.2, 0) is 4.79 Å². The van der Waals surface area contributed by atoms with Crippen LogP contribution in [0, 0.1) is 6.92 Å². The van der Waals surface area contributed by atoms with Crippen LogP contribution in [0.2, 0.25) is 0 Å². The maximum absolute atomic E-state index is 12.8. The number of anilines is 1. The second-order valence-corrected chi connectivity index (χ2v) is 7.94. The minimum absolute atomic E-state index is 0.0115. The molecule has 0 saturated carbocycles. The number of pyridine rings is 2. The van der Waals surface area contributed by atoms with Crippen molar-refractivity contribution in [1.29, 1.82) is 0 Å². The molecule has 1 fully saturated rings. The van der Waals surface area contributed by atoms with E-state index in [1.54, 1.807) is 29.1 Å². The fraction of sp³-hybridized carbons (Fsp3) is 0.316. The number of amides is 1. The second-order valence-electron chi connectivity index (χ2n) is 7.07. The van der Waals surface area contributed by atoms with E-state index in [9.17, 15) is 19.5 Å². The number of hydrogen-bond acceptors (Lipinski definition) is 8. The summed E-state index contributed by atoms with van der Waals surface area (Å²) in [4.78, 5) is 47.0. The Morgan fingerprint density at radius 3 is 2.80 bits per heavy atom.